The van der Waals surface area contributed by atoms with Gasteiger partial charge in [-0.15, -0.1) is 0 Å². The van der Waals surface area contributed by atoms with Crippen LogP contribution in [0.25, 0.3) is 0 Å². The first-order valence-electron chi connectivity index (χ1n) is 9.64. The summed E-state index contributed by atoms with van der Waals surface area (Å²) in [6, 6.07) is 7.05. The first-order valence-corrected chi connectivity index (χ1v) is 9.64. The summed E-state index contributed by atoms with van der Waals surface area (Å²) in [5.41, 5.74) is 4.80. The predicted octanol–water partition coefficient (Wildman–Crippen LogP) is 3.85. The second-order valence-corrected chi connectivity index (χ2v) is 8.17. The average molecular weight is 329 g/mol. The average Bonchev–Trinajstić information content (AvgIpc) is 3.38. The van der Waals surface area contributed by atoms with E-state index in [2.05, 4.69) is 30.0 Å². The number of hydrogen-bond acceptors (Lipinski definition) is 3. The third-order valence-corrected chi connectivity index (χ3v) is 6.36. The van der Waals surface area contributed by atoms with E-state index >= 15 is 0 Å². The molecule has 132 valence electrons. The van der Waals surface area contributed by atoms with Crippen molar-refractivity contribution in [2.45, 2.75) is 50.5 Å². The van der Waals surface area contributed by atoms with Gasteiger partial charge in [-0.05, 0) is 69.2 Å². The third kappa shape index (κ3) is 3.26. The molecule has 1 saturated heterocycles. The maximum atomic E-state index is 6.38. The lowest BCUT2D eigenvalue weighted by Gasteiger charge is -2.40. The van der Waals surface area contributed by atoms with E-state index < -0.39 is 0 Å². The quantitative estimate of drug-likeness (QED) is 0.791. The Bertz CT molecular complexity index is 573. The predicted molar refractivity (Wildman–Crippen MR) is 96.4 cm³/mol. The summed E-state index contributed by atoms with van der Waals surface area (Å²) in [4.78, 5) is 2.56. The van der Waals surface area contributed by atoms with E-state index in [1.165, 1.54) is 56.3 Å². The van der Waals surface area contributed by atoms with Crippen LogP contribution in [0.5, 0.6) is 0 Å². The highest BCUT2D eigenvalue weighted by Crippen LogP contribution is 2.52. The molecule has 1 atom stereocenters. The van der Waals surface area contributed by atoms with Crippen LogP contribution >= 0.6 is 0 Å². The van der Waals surface area contributed by atoms with Crippen LogP contribution in [0, 0.1) is 12.8 Å². The van der Waals surface area contributed by atoms with Crippen molar-refractivity contribution in [2.75, 3.05) is 40.0 Å². The number of hydrogen-bond donors (Lipinski definition) is 0. The number of methoxy groups -OCH3 is 1. The topological polar surface area (TPSA) is 21.7 Å². The van der Waals surface area contributed by atoms with E-state index in [4.69, 9.17) is 9.47 Å². The molecule has 0 N–H and O–H groups in total. The minimum atomic E-state index is 0.326. The van der Waals surface area contributed by atoms with Crippen LogP contribution in [0.15, 0.2) is 18.2 Å². The van der Waals surface area contributed by atoms with Gasteiger partial charge in [0.2, 0.25) is 0 Å². The molecule has 1 aromatic carbocycles. The second-order valence-electron chi connectivity index (χ2n) is 8.17. The molecular weight excluding hydrogens is 298 g/mol. The number of piperidine rings is 1. The van der Waals surface area contributed by atoms with Crippen LogP contribution in [0.3, 0.4) is 0 Å². The zero-order valence-corrected chi connectivity index (χ0v) is 15.2. The van der Waals surface area contributed by atoms with Crippen LogP contribution < -0.4 is 0 Å². The summed E-state index contributed by atoms with van der Waals surface area (Å²) in [6.45, 7) is 7.47. The molecule has 1 heterocycles. The molecule has 0 aromatic heterocycles. The van der Waals surface area contributed by atoms with E-state index in [0.717, 1.165) is 25.7 Å². The highest BCUT2D eigenvalue weighted by atomic mass is 16.5. The van der Waals surface area contributed by atoms with Gasteiger partial charge in [-0.3, -0.25) is 0 Å². The fourth-order valence-corrected chi connectivity index (χ4v) is 4.57. The van der Waals surface area contributed by atoms with Gasteiger partial charge in [0.15, 0.2) is 0 Å². The lowest BCUT2D eigenvalue weighted by Crippen LogP contribution is -2.42. The van der Waals surface area contributed by atoms with E-state index in [1.807, 2.05) is 0 Å². The maximum Gasteiger partial charge on any atom is 0.0836 e. The Hall–Kier alpha value is -0.900. The monoisotopic (exact) mass is 329 g/mol. The van der Waals surface area contributed by atoms with Crippen LogP contribution in [0.1, 0.15) is 54.9 Å². The van der Waals surface area contributed by atoms with Gasteiger partial charge in [-0.2, -0.15) is 0 Å². The largest absolute Gasteiger partial charge is 0.383 e. The molecule has 2 aliphatic carbocycles. The van der Waals surface area contributed by atoms with Crippen molar-refractivity contribution in [3.05, 3.63) is 34.9 Å². The first kappa shape index (κ1) is 16.6. The summed E-state index contributed by atoms with van der Waals surface area (Å²) in [5, 5.41) is 0. The van der Waals surface area contributed by atoms with Gasteiger partial charge in [0.05, 0.1) is 19.3 Å². The lowest BCUT2D eigenvalue weighted by molar-refractivity contribution is 0.0248. The smallest absolute Gasteiger partial charge is 0.0836 e. The fourth-order valence-electron chi connectivity index (χ4n) is 4.57. The molecule has 0 bridgehead atoms. The molecule has 1 saturated carbocycles. The molecule has 3 nitrogen and oxygen atoms in total. The molecule has 2 fully saturated rings. The van der Waals surface area contributed by atoms with Crippen molar-refractivity contribution < 1.29 is 9.47 Å². The van der Waals surface area contributed by atoms with Crippen LogP contribution in [0.2, 0.25) is 0 Å². The molecule has 1 aromatic rings. The number of nitrogens with zero attached hydrogens (tertiary/aromatic N) is 1. The number of fused-ring (bicyclic) bond motifs is 2. The van der Waals surface area contributed by atoms with Gasteiger partial charge in [0.1, 0.15) is 0 Å². The Kier molecular flexibility index (Phi) is 4.68. The van der Waals surface area contributed by atoms with E-state index in [1.54, 1.807) is 12.7 Å². The van der Waals surface area contributed by atoms with Crippen molar-refractivity contribution in [3.63, 3.8) is 0 Å². The molecule has 24 heavy (non-hydrogen) atoms. The molecule has 0 unspecified atom stereocenters. The molecule has 3 aliphatic rings. The number of rotatable bonds is 6. The minimum Gasteiger partial charge on any atom is -0.383 e. The molecule has 3 heteroatoms. The van der Waals surface area contributed by atoms with Gasteiger partial charge in [-0.1, -0.05) is 23.8 Å². The van der Waals surface area contributed by atoms with Crippen molar-refractivity contribution >= 4 is 0 Å². The van der Waals surface area contributed by atoms with Crippen molar-refractivity contribution in [2.24, 2.45) is 5.92 Å². The highest BCUT2D eigenvalue weighted by molar-refractivity contribution is 5.44. The molecule has 1 spiro atoms. The Labute approximate surface area is 146 Å². The summed E-state index contributed by atoms with van der Waals surface area (Å²) in [5.74, 6) is 0.839. The van der Waals surface area contributed by atoms with Gasteiger partial charge in [0, 0.05) is 19.1 Å². The normalized spacial score (nSPS) is 26.0. The molecule has 0 radical (unpaired) electrons. The first-order chi connectivity index (χ1) is 11.7. The number of benzene rings is 1. The third-order valence-electron chi connectivity index (χ3n) is 6.36. The van der Waals surface area contributed by atoms with E-state index in [0.29, 0.717) is 11.5 Å². The summed E-state index contributed by atoms with van der Waals surface area (Å²) in [6.07, 6.45) is 6.77. The summed E-state index contributed by atoms with van der Waals surface area (Å²) < 4.78 is 11.6. The molecule has 0 amide bonds. The lowest BCUT2D eigenvalue weighted by atomic mass is 9.73. The number of aryl methyl sites for hydroxylation is 1. The van der Waals surface area contributed by atoms with Gasteiger partial charge in [0.25, 0.3) is 0 Å². The number of ether oxygens (including phenoxy) is 2. The standard InChI is InChI=1S/C21H31NO2/c1-16-3-6-18-19(13-16)21(14-20(18)24-15-17-4-5-17)7-9-22(10-8-21)11-12-23-2/h3,6,13,17,20H,4-5,7-12,14-15H2,1-2H3/t20-/m1/s1. The SMILES string of the molecule is COCCN1CCC2(CC1)C[C@@H](OCC1CC1)c1ccc(C)cc12. The number of likely N-dealkylation sites (tertiary alicyclic amines) is 1. The second kappa shape index (κ2) is 6.78. The van der Waals surface area contributed by atoms with E-state index in [9.17, 15) is 0 Å². The zero-order valence-electron chi connectivity index (χ0n) is 15.2. The Morgan fingerprint density at radius 3 is 2.71 bits per heavy atom. The van der Waals surface area contributed by atoms with Crippen LogP contribution in [-0.4, -0.2) is 44.9 Å². The highest BCUT2D eigenvalue weighted by Gasteiger charge is 2.46. The summed E-state index contributed by atoms with van der Waals surface area (Å²) >= 11 is 0. The van der Waals surface area contributed by atoms with Gasteiger partial charge >= 0.3 is 0 Å². The Morgan fingerprint density at radius 2 is 2.00 bits per heavy atom. The Balaban J connectivity index is 1.50. The fraction of sp³-hybridized carbons (Fsp3) is 0.714. The molecule has 4 rings (SSSR count). The molecular formula is C21H31NO2. The van der Waals surface area contributed by atoms with Gasteiger partial charge in [-0.25, -0.2) is 0 Å². The van der Waals surface area contributed by atoms with Crippen molar-refractivity contribution in [3.8, 4) is 0 Å². The summed E-state index contributed by atoms with van der Waals surface area (Å²) in [7, 11) is 1.79. The minimum absolute atomic E-state index is 0.326. The van der Waals surface area contributed by atoms with Crippen LogP contribution in [0.4, 0.5) is 0 Å². The van der Waals surface area contributed by atoms with Crippen LogP contribution in [-0.2, 0) is 14.9 Å². The molecule has 1 aliphatic heterocycles. The van der Waals surface area contributed by atoms with E-state index in [-0.39, 0.29) is 0 Å². The van der Waals surface area contributed by atoms with Crippen molar-refractivity contribution in [1.29, 1.82) is 0 Å². The zero-order chi connectivity index (χ0) is 16.6. The van der Waals surface area contributed by atoms with Crippen molar-refractivity contribution in [1.82, 2.24) is 4.90 Å². The van der Waals surface area contributed by atoms with Gasteiger partial charge < -0.3 is 14.4 Å². The maximum absolute atomic E-state index is 6.38. The Morgan fingerprint density at radius 1 is 1.21 bits per heavy atom.